The second-order valence-corrected chi connectivity index (χ2v) is 8.08. The second kappa shape index (κ2) is 9.30. The summed E-state index contributed by atoms with van der Waals surface area (Å²) in [7, 11) is 0. The number of nitrogens with zero attached hydrogens (tertiary/aromatic N) is 7. The molecule has 0 bridgehead atoms. The van der Waals surface area contributed by atoms with E-state index in [1.54, 1.807) is 47.7 Å². The Labute approximate surface area is 196 Å². The van der Waals surface area contributed by atoms with Crippen molar-refractivity contribution in [2.75, 3.05) is 5.32 Å². The highest BCUT2D eigenvalue weighted by molar-refractivity contribution is 6.04. The third-order valence-corrected chi connectivity index (χ3v) is 5.80. The van der Waals surface area contributed by atoms with Gasteiger partial charge in [-0.05, 0) is 45.4 Å². The van der Waals surface area contributed by atoms with Crippen molar-refractivity contribution in [3.05, 3.63) is 86.7 Å². The first kappa shape index (κ1) is 22.9. The molecule has 0 aliphatic carbocycles. The van der Waals surface area contributed by atoms with Gasteiger partial charge in [-0.1, -0.05) is 12.1 Å². The number of hydrogen-bond acceptors (Lipinski definition) is 6. The lowest BCUT2D eigenvalue weighted by molar-refractivity contribution is -0.386. The molecule has 34 heavy (non-hydrogen) atoms. The number of nitrogens with one attached hydrogen (secondary N) is 1. The monoisotopic (exact) mass is 462 g/mol. The van der Waals surface area contributed by atoms with Crippen molar-refractivity contribution in [1.29, 1.82) is 0 Å². The first-order valence-corrected chi connectivity index (χ1v) is 10.9. The quantitative estimate of drug-likeness (QED) is 0.316. The SMILES string of the molecule is CCn1ncc(Cn2cc(NC(=O)c3ccc(Cn4nc(C)c([N+](=O)[O-])c4C)cc3)cn2)c1C. The average Bonchev–Trinajstić information content (AvgIpc) is 3.47. The Morgan fingerprint density at radius 3 is 2.38 bits per heavy atom. The summed E-state index contributed by atoms with van der Waals surface area (Å²) in [5.74, 6) is -0.247. The van der Waals surface area contributed by atoms with Crippen LogP contribution in [0.25, 0.3) is 0 Å². The predicted molar refractivity (Wildman–Crippen MR) is 126 cm³/mol. The van der Waals surface area contributed by atoms with Crippen LogP contribution in [0.15, 0.2) is 42.9 Å². The number of anilines is 1. The van der Waals surface area contributed by atoms with Gasteiger partial charge in [0.1, 0.15) is 11.4 Å². The molecule has 0 fully saturated rings. The molecule has 0 spiro atoms. The van der Waals surface area contributed by atoms with Crippen molar-refractivity contribution in [2.45, 2.75) is 47.3 Å². The topological polar surface area (TPSA) is 126 Å². The fourth-order valence-electron chi connectivity index (χ4n) is 3.89. The van der Waals surface area contributed by atoms with Crippen molar-refractivity contribution in [2.24, 2.45) is 0 Å². The lowest BCUT2D eigenvalue weighted by atomic mass is 10.1. The zero-order valence-corrected chi connectivity index (χ0v) is 19.5. The van der Waals surface area contributed by atoms with Gasteiger partial charge in [-0.15, -0.1) is 0 Å². The van der Waals surface area contributed by atoms with Gasteiger partial charge < -0.3 is 5.32 Å². The Morgan fingerprint density at radius 2 is 1.76 bits per heavy atom. The number of rotatable bonds is 8. The summed E-state index contributed by atoms with van der Waals surface area (Å²) < 4.78 is 5.29. The van der Waals surface area contributed by atoms with Crippen LogP contribution in [-0.4, -0.2) is 40.2 Å². The van der Waals surface area contributed by atoms with E-state index < -0.39 is 4.92 Å². The molecule has 4 rings (SSSR count). The molecule has 0 unspecified atom stereocenters. The van der Waals surface area contributed by atoms with Gasteiger partial charge in [0.05, 0.1) is 36.1 Å². The zero-order valence-electron chi connectivity index (χ0n) is 19.5. The molecule has 0 saturated carbocycles. The second-order valence-electron chi connectivity index (χ2n) is 8.08. The Hall–Kier alpha value is -4.28. The molecule has 11 nitrogen and oxygen atoms in total. The highest BCUT2D eigenvalue weighted by Crippen LogP contribution is 2.22. The van der Waals surface area contributed by atoms with Crippen molar-refractivity contribution in [3.8, 4) is 0 Å². The van der Waals surface area contributed by atoms with Crippen molar-refractivity contribution in [3.63, 3.8) is 0 Å². The number of benzene rings is 1. The molecule has 176 valence electrons. The molecule has 0 saturated heterocycles. The lowest BCUT2D eigenvalue weighted by Gasteiger charge is -2.06. The number of carbonyl (C=O) groups excluding carboxylic acids is 1. The van der Waals surface area contributed by atoms with Crippen LogP contribution in [0.1, 0.15) is 45.5 Å². The fourth-order valence-corrected chi connectivity index (χ4v) is 3.89. The van der Waals surface area contributed by atoms with Crippen LogP contribution in [0.3, 0.4) is 0 Å². The van der Waals surface area contributed by atoms with E-state index in [0.717, 1.165) is 23.4 Å². The summed E-state index contributed by atoms with van der Waals surface area (Å²) in [4.78, 5) is 23.5. The van der Waals surface area contributed by atoms with Gasteiger partial charge in [-0.2, -0.15) is 15.3 Å². The van der Waals surface area contributed by atoms with Gasteiger partial charge in [-0.25, -0.2) is 0 Å². The molecule has 1 aromatic carbocycles. The van der Waals surface area contributed by atoms with Crippen molar-refractivity contribution in [1.82, 2.24) is 29.3 Å². The molecule has 0 radical (unpaired) electrons. The van der Waals surface area contributed by atoms with Crippen LogP contribution in [0.5, 0.6) is 0 Å². The number of aryl methyl sites for hydroxylation is 2. The maximum absolute atomic E-state index is 12.7. The Bertz CT molecular complexity index is 1350. The summed E-state index contributed by atoms with van der Waals surface area (Å²) in [6.45, 7) is 9.13. The zero-order chi connectivity index (χ0) is 24.4. The predicted octanol–water partition coefficient (Wildman–Crippen LogP) is 3.48. The van der Waals surface area contributed by atoms with Crippen molar-refractivity contribution < 1.29 is 9.72 Å². The molecule has 0 aliphatic rings. The summed E-state index contributed by atoms with van der Waals surface area (Å²) in [6.07, 6.45) is 5.23. The van der Waals surface area contributed by atoms with E-state index in [2.05, 4.69) is 20.6 Å². The fraction of sp³-hybridized carbons (Fsp3) is 0.304. The minimum absolute atomic E-state index is 0.0332. The first-order chi connectivity index (χ1) is 16.3. The standard InChI is InChI=1S/C23H26N8O3/c1-5-29-16(3)20(10-25-29)13-28-14-21(11-24-28)26-23(32)19-8-6-18(7-9-19)12-30-17(4)22(31(33)34)15(2)27-30/h6-11,14H,5,12-13H2,1-4H3,(H,26,32). The third-order valence-electron chi connectivity index (χ3n) is 5.80. The number of nitro groups is 1. The molecule has 3 heterocycles. The van der Waals surface area contributed by atoms with Gasteiger partial charge in [-0.3, -0.25) is 29.0 Å². The van der Waals surface area contributed by atoms with E-state index in [1.807, 2.05) is 36.9 Å². The summed E-state index contributed by atoms with van der Waals surface area (Å²) in [5.41, 5.74) is 5.07. The van der Waals surface area contributed by atoms with Crippen LogP contribution >= 0.6 is 0 Å². The van der Waals surface area contributed by atoms with Gasteiger partial charge >= 0.3 is 5.69 Å². The van der Waals surface area contributed by atoms with Crippen LogP contribution < -0.4 is 5.32 Å². The number of carbonyl (C=O) groups is 1. The molecular weight excluding hydrogens is 436 g/mol. The Balaban J connectivity index is 1.39. The number of hydrogen-bond donors (Lipinski definition) is 1. The lowest BCUT2D eigenvalue weighted by Crippen LogP contribution is -2.12. The van der Waals surface area contributed by atoms with E-state index in [0.29, 0.717) is 35.7 Å². The number of aromatic nitrogens is 6. The molecule has 11 heteroatoms. The molecular formula is C23H26N8O3. The molecule has 3 aromatic heterocycles. The normalized spacial score (nSPS) is 11.1. The largest absolute Gasteiger partial charge is 0.319 e. The molecule has 0 atom stereocenters. The third kappa shape index (κ3) is 4.58. The van der Waals surface area contributed by atoms with Gasteiger partial charge in [0, 0.05) is 29.6 Å². The highest BCUT2D eigenvalue weighted by Gasteiger charge is 2.21. The number of amides is 1. The summed E-state index contributed by atoms with van der Waals surface area (Å²) in [5, 5.41) is 27.0. The molecule has 4 aromatic rings. The smallest absolute Gasteiger partial charge is 0.312 e. The highest BCUT2D eigenvalue weighted by atomic mass is 16.6. The molecule has 1 amide bonds. The van der Waals surface area contributed by atoms with Gasteiger partial charge in [0.2, 0.25) is 0 Å². The Kier molecular flexibility index (Phi) is 6.26. The first-order valence-electron chi connectivity index (χ1n) is 10.9. The minimum Gasteiger partial charge on any atom is -0.319 e. The average molecular weight is 463 g/mol. The maximum Gasteiger partial charge on any atom is 0.312 e. The van der Waals surface area contributed by atoms with Gasteiger partial charge in [0.25, 0.3) is 5.91 Å². The Morgan fingerprint density at radius 1 is 1.03 bits per heavy atom. The van der Waals surface area contributed by atoms with E-state index in [4.69, 9.17) is 0 Å². The van der Waals surface area contributed by atoms with E-state index >= 15 is 0 Å². The summed E-state index contributed by atoms with van der Waals surface area (Å²) >= 11 is 0. The van der Waals surface area contributed by atoms with Crippen LogP contribution in [-0.2, 0) is 19.6 Å². The van der Waals surface area contributed by atoms with Gasteiger partial charge in [0.15, 0.2) is 0 Å². The van der Waals surface area contributed by atoms with Crippen LogP contribution in [0.4, 0.5) is 11.4 Å². The van der Waals surface area contributed by atoms with E-state index in [-0.39, 0.29) is 11.6 Å². The molecule has 0 aliphatic heterocycles. The van der Waals surface area contributed by atoms with Crippen LogP contribution in [0, 0.1) is 30.9 Å². The van der Waals surface area contributed by atoms with E-state index in [9.17, 15) is 14.9 Å². The minimum atomic E-state index is -0.414. The van der Waals surface area contributed by atoms with E-state index in [1.165, 1.54) is 0 Å². The summed E-state index contributed by atoms with van der Waals surface area (Å²) in [6, 6.07) is 7.07. The van der Waals surface area contributed by atoms with Crippen molar-refractivity contribution >= 4 is 17.3 Å². The van der Waals surface area contributed by atoms with Crippen LogP contribution in [0.2, 0.25) is 0 Å². The maximum atomic E-state index is 12.7. The molecule has 1 N–H and O–H groups in total.